The molecule has 2 N–H and O–H groups in total. The Morgan fingerprint density at radius 1 is 1.30 bits per heavy atom. The summed E-state index contributed by atoms with van der Waals surface area (Å²) in [6.07, 6.45) is 0. The SMILES string of the molecule is NC(=S)c1ccccc1OCCN1C(=O)COCC1=O. The van der Waals surface area contributed by atoms with Gasteiger partial charge in [-0.3, -0.25) is 14.5 Å². The number of para-hydroxylation sites is 1. The number of carbonyl (C=O) groups is 2. The molecule has 6 nitrogen and oxygen atoms in total. The number of ether oxygens (including phenoxy) is 2. The summed E-state index contributed by atoms with van der Waals surface area (Å²) in [6, 6.07) is 7.08. The van der Waals surface area contributed by atoms with Crippen molar-refractivity contribution in [1.82, 2.24) is 4.90 Å². The number of amides is 2. The van der Waals surface area contributed by atoms with Crippen LogP contribution in [0.15, 0.2) is 24.3 Å². The number of nitrogens with zero attached hydrogens (tertiary/aromatic N) is 1. The first-order valence-electron chi connectivity index (χ1n) is 6.02. The smallest absolute Gasteiger partial charge is 0.255 e. The average Bonchev–Trinajstić information content (AvgIpc) is 2.42. The van der Waals surface area contributed by atoms with Crippen LogP contribution < -0.4 is 10.5 Å². The van der Waals surface area contributed by atoms with Crippen LogP contribution in [0.25, 0.3) is 0 Å². The molecule has 0 aromatic heterocycles. The molecule has 1 aliphatic heterocycles. The number of nitrogens with two attached hydrogens (primary N) is 1. The van der Waals surface area contributed by atoms with Crippen LogP contribution in [0.5, 0.6) is 5.75 Å². The summed E-state index contributed by atoms with van der Waals surface area (Å²) in [5.74, 6) is -0.173. The first kappa shape index (κ1) is 14.4. The van der Waals surface area contributed by atoms with E-state index in [0.29, 0.717) is 11.3 Å². The third-order valence-corrected chi connectivity index (χ3v) is 3.00. The predicted octanol–water partition coefficient (Wildman–Crippen LogP) is 0.0850. The summed E-state index contributed by atoms with van der Waals surface area (Å²) in [4.78, 5) is 24.4. The van der Waals surface area contributed by atoms with Crippen LogP contribution in [0.4, 0.5) is 0 Å². The molecule has 20 heavy (non-hydrogen) atoms. The summed E-state index contributed by atoms with van der Waals surface area (Å²) in [5, 5.41) is 0. The van der Waals surface area contributed by atoms with Gasteiger partial charge in [-0.1, -0.05) is 24.4 Å². The Morgan fingerprint density at radius 3 is 2.60 bits per heavy atom. The maximum absolute atomic E-state index is 11.5. The first-order chi connectivity index (χ1) is 9.59. The number of hydrogen-bond acceptors (Lipinski definition) is 5. The van der Waals surface area contributed by atoms with Gasteiger partial charge in [0.2, 0.25) is 0 Å². The van der Waals surface area contributed by atoms with Crippen molar-refractivity contribution in [3.63, 3.8) is 0 Å². The summed E-state index contributed by atoms with van der Waals surface area (Å²) in [7, 11) is 0. The summed E-state index contributed by atoms with van der Waals surface area (Å²) in [5.41, 5.74) is 6.22. The monoisotopic (exact) mass is 294 g/mol. The highest BCUT2D eigenvalue weighted by molar-refractivity contribution is 7.80. The molecule has 0 aliphatic carbocycles. The second-order valence-electron chi connectivity index (χ2n) is 4.14. The topological polar surface area (TPSA) is 81.9 Å². The summed E-state index contributed by atoms with van der Waals surface area (Å²) >= 11 is 4.93. The standard InChI is InChI=1S/C13H14N2O4S/c14-13(20)9-3-1-2-4-10(9)19-6-5-15-11(16)7-18-8-12(15)17/h1-4H,5-8H2,(H2,14,20). The molecular weight excluding hydrogens is 280 g/mol. The van der Waals surface area contributed by atoms with Crippen LogP contribution in [0.3, 0.4) is 0 Å². The molecule has 0 bridgehead atoms. The fourth-order valence-electron chi connectivity index (χ4n) is 1.81. The zero-order valence-electron chi connectivity index (χ0n) is 10.7. The average molecular weight is 294 g/mol. The van der Waals surface area contributed by atoms with Gasteiger partial charge in [0.05, 0.1) is 12.1 Å². The van der Waals surface area contributed by atoms with Crippen molar-refractivity contribution >= 4 is 29.0 Å². The fourth-order valence-corrected chi connectivity index (χ4v) is 1.98. The lowest BCUT2D eigenvalue weighted by Crippen LogP contribution is -2.47. The maximum atomic E-state index is 11.5. The van der Waals surface area contributed by atoms with Crippen molar-refractivity contribution in [2.24, 2.45) is 5.73 Å². The zero-order chi connectivity index (χ0) is 14.5. The van der Waals surface area contributed by atoms with E-state index in [1.807, 2.05) is 0 Å². The molecule has 0 atom stereocenters. The number of hydrogen-bond donors (Lipinski definition) is 1. The van der Waals surface area contributed by atoms with Gasteiger partial charge in [-0.25, -0.2) is 0 Å². The Hall–Kier alpha value is -1.99. The van der Waals surface area contributed by atoms with E-state index in [4.69, 9.17) is 27.4 Å². The van der Waals surface area contributed by atoms with Gasteiger partial charge in [-0.15, -0.1) is 0 Å². The Morgan fingerprint density at radius 2 is 1.95 bits per heavy atom. The van der Waals surface area contributed by atoms with E-state index in [2.05, 4.69) is 0 Å². The molecule has 0 saturated carbocycles. The van der Waals surface area contributed by atoms with Crippen molar-refractivity contribution in [2.45, 2.75) is 0 Å². The molecule has 2 amide bonds. The van der Waals surface area contributed by atoms with Crippen molar-refractivity contribution < 1.29 is 19.1 Å². The lowest BCUT2D eigenvalue weighted by molar-refractivity contribution is -0.158. The van der Waals surface area contributed by atoms with Gasteiger partial charge in [-0.05, 0) is 12.1 Å². The van der Waals surface area contributed by atoms with Gasteiger partial charge < -0.3 is 15.2 Å². The Bertz CT molecular complexity index is 531. The summed E-state index contributed by atoms with van der Waals surface area (Å²) < 4.78 is 10.4. The number of benzene rings is 1. The van der Waals surface area contributed by atoms with Crippen LogP contribution in [-0.2, 0) is 14.3 Å². The van der Waals surface area contributed by atoms with Gasteiger partial charge >= 0.3 is 0 Å². The van der Waals surface area contributed by atoms with Gasteiger partial charge in [0.25, 0.3) is 11.8 Å². The molecule has 0 unspecified atom stereocenters. The van der Waals surface area contributed by atoms with Crippen LogP contribution in [0, 0.1) is 0 Å². The number of imide groups is 1. The first-order valence-corrected chi connectivity index (χ1v) is 6.43. The van der Waals surface area contributed by atoms with Gasteiger partial charge in [0, 0.05) is 0 Å². The zero-order valence-corrected chi connectivity index (χ0v) is 11.5. The molecule has 0 spiro atoms. The number of carbonyl (C=O) groups excluding carboxylic acids is 2. The van der Waals surface area contributed by atoms with E-state index >= 15 is 0 Å². The minimum atomic E-state index is -0.354. The second kappa shape index (κ2) is 6.44. The van der Waals surface area contributed by atoms with E-state index in [1.54, 1.807) is 24.3 Å². The lowest BCUT2D eigenvalue weighted by atomic mass is 10.2. The third kappa shape index (κ3) is 3.31. The van der Waals surface area contributed by atoms with E-state index in [1.165, 1.54) is 0 Å². The molecular formula is C13H14N2O4S. The molecule has 1 saturated heterocycles. The highest BCUT2D eigenvalue weighted by atomic mass is 32.1. The predicted molar refractivity (Wildman–Crippen MR) is 75.4 cm³/mol. The normalized spacial score (nSPS) is 15.3. The Balaban J connectivity index is 1.94. The fraction of sp³-hybridized carbons (Fsp3) is 0.308. The van der Waals surface area contributed by atoms with Crippen molar-refractivity contribution in [2.75, 3.05) is 26.4 Å². The number of morpholine rings is 1. The van der Waals surface area contributed by atoms with Gasteiger partial charge in [-0.2, -0.15) is 0 Å². The molecule has 1 aromatic carbocycles. The lowest BCUT2D eigenvalue weighted by Gasteiger charge is -2.24. The van der Waals surface area contributed by atoms with E-state index in [9.17, 15) is 9.59 Å². The van der Waals surface area contributed by atoms with Gasteiger partial charge in [0.1, 0.15) is 30.6 Å². The van der Waals surface area contributed by atoms with E-state index < -0.39 is 0 Å². The molecule has 1 aromatic rings. The minimum absolute atomic E-state index is 0.0742. The third-order valence-electron chi connectivity index (χ3n) is 2.78. The highest BCUT2D eigenvalue weighted by Gasteiger charge is 2.26. The molecule has 1 heterocycles. The molecule has 1 fully saturated rings. The number of rotatable bonds is 5. The summed E-state index contributed by atoms with van der Waals surface area (Å²) in [6.45, 7) is 0.203. The minimum Gasteiger partial charge on any atom is -0.491 e. The van der Waals surface area contributed by atoms with E-state index in [0.717, 1.165) is 4.90 Å². The highest BCUT2D eigenvalue weighted by Crippen LogP contribution is 2.17. The number of thiocarbonyl (C=S) groups is 1. The Kier molecular flexibility index (Phi) is 4.65. The van der Waals surface area contributed by atoms with Crippen molar-refractivity contribution in [1.29, 1.82) is 0 Å². The van der Waals surface area contributed by atoms with Crippen LogP contribution >= 0.6 is 12.2 Å². The van der Waals surface area contributed by atoms with Crippen LogP contribution in [0.2, 0.25) is 0 Å². The maximum Gasteiger partial charge on any atom is 0.255 e. The molecule has 106 valence electrons. The quantitative estimate of drug-likeness (QED) is 0.612. The van der Waals surface area contributed by atoms with E-state index in [-0.39, 0.29) is 43.2 Å². The molecule has 2 rings (SSSR count). The molecule has 1 aliphatic rings. The molecule has 0 radical (unpaired) electrons. The van der Waals surface area contributed by atoms with Crippen molar-refractivity contribution in [3.05, 3.63) is 29.8 Å². The van der Waals surface area contributed by atoms with Crippen LogP contribution in [0.1, 0.15) is 5.56 Å². The van der Waals surface area contributed by atoms with Crippen LogP contribution in [-0.4, -0.2) is 48.1 Å². The van der Waals surface area contributed by atoms with Gasteiger partial charge in [0.15, 0.2) is 0 Å². The van der Waals surface area contributed by atoms with Crippen molar-refractivity contribution in [3.8, 4) is 5.75 Å². The largest absolute Gasteiger partial charge is 0.491 e. The Labute approximate surface area is 121 Å². The molecule has 7 heteroatoms. The second-order valence-corrected chi connectivity index (χ2v) is 4.58.